The Morgan fingerprint density at radius 2 is 1.93 bits per heavy atom. The van der Waals surface area contributed by atoms with Crippen LogP contribution in [0.2, 0.25) is 0 Å². The molecule has 5 rings (SSSR count). The lowest BCUT2D eigenvalue weighted by molar-refractivity contribution is -0.125. The van der Waals surface area contributed by atoms with E-state index in [-0.39, 0.29) is 12.5 Å². The van der Waals surface area contributed by atoms with Crippen molar-refractivity contribution in [2.45, 2.75) is 38.1 Å². The largest absolute Gasteiger partial charge is 0.375 e. The number of nitrogens with one attached hydrogen (secondary N) is 1. The zero-order valence-electron chi connectivity index (χ0n) is 17.9. The van der Waals surface area contributed by atoms with Crippen molar-refractivity contribution in [2.24, 2.45) is 17.8 Å². The van der Waals surface area contributed by atoms with Crippen molar-refractivity contribution in [3.63, 3.8) is 0 Å². The molecular weight excluding hydrogens is 362 g/mol. The topological polar surface area (TPSA) is 44.8 Å². The summed E-state index contributed by atoms with van der Waals surface area (Å²) in [5.41, 5.74) is 1.49. The SMILES string of the molecule is COCC(=O)NC[C@H]1C[C@@H]2CCN1C[C@@H]2CN1CCC(Cc2ccccc2)CC1. The van der Waals surface area contributed by atoms with Crippen LogP contribution in [-0.4, -0.2) is 74.7 Å². The Labute approximate surface area is 175 Å². The molecule has 4 aliphatic heterocycles. The van der Waals surface area contributed by atoms with E-state index in [0.717, 1.165) is 24.3 Å². The molecule has 2 bridgehead atoms. The molecule has 1 aromatic rings. The van der Waals surface area contributed by atoms with Crippen molar-refractivity contribution < 1.29 is 9.53 Å². The number of ether oxygens (including phenoxy) is 1. The van der Waals surface area contributed by atoms with E-state index >= 15 is 0 Å². The summed E-state index contributed by atoms with van der Waals surface area (Å²) in [7, 11) is 1.57. The summed E-state index contributed by atoms with van der Waals surface area (Å²) in [5.74, 6) is 2.48. The number of benzene rings is 1. The number of hydrogen-bond acceptors (Lipinski definition) is 4. The highest BCUT2D eigenvalue weighted by Gasteiger charge is 2.40. The second-order valence-electron chi connectivity index (χ2n) is 9.36. The fraction of sp³-hybridized carbons (Fsp3) is 0.708. The quantitative estimate of drug-likeness (QED) is 0.729. The van der Waals surface area contributed by atoms with Gasteiger partial charge in [0.1, 0.15) is 6.61 Å². The van der Waals surface area contributed by atoms with Gasteiger partial charge in [-0.3, -0.25) is 9.69 Å². The van der Waals surface area contributed by atoms with Gasteiger partial charge in [0.2, 0.25) is 5.91 Å². The van der Waals surface area contributed by atoms with Gasteiger partial charge in [-0.05, 0) is 75.1 Å². The molecule has 5 heteroatoms. The highest BCUT2D eigenvalue weighted by atomic mass is 16.5. The lowest BCUT2D eigenvalue weighted by atomic mass is 9.75. The Bertz CT molecular complexity index is 645. The second kappa shape index (κ2) is 10.1. The monoisotopic (exact) mass is 399 g/mol. The zero-order valence-corrected chi connectivity index (χ0v) is 17.9. The predicted octanol–water partition coefficient (Wildman–Crippen LogP) is 2.41. The Morgan fingerprint density at radius 1 is 1.14 bits per heavy atom. The molecule has 5 nitrogen and oxygen atoms in total. The van der Waals surface area contributed by atoms with Gasteiger partial charge in [0, 0.05) is 32.8 Å². The molecule has 1 unspecified atom stereocenters. The van der Waals surface area contributed by atoms with Crippen LogP contribution in [-0.2, 0) is 16.0 Å². The number of rotatable bonds is 8. The van der Waals surface area contributed by atoms with Crippen molar-refractivity contribution in [1.82, 2.24) is 15.1 Å². The third kappa shape index (κ3) is 5.59. The van der Waals surface area contributed by atoms with Crippen molar-refractivity contribution in [3.05, 3.63) is 35.9 Å². The summed E-state index contributed by atoms with van der Waals surface area (Å²) in [4.78, 5) is 17.0. The molecule has 1 N–H and O–H groups in total. The van der Waals surface area contributed by atoms with Crippen LogP contribution >= 0.6 is 0 Å². The zero-order chi connectivity index (χ0) is 20.1. The number of nitrogens with zero attached hydrogens (tertiary/aromatic N) is 2. The summed E-state index contributed by atoms with van der Waals surface area (Å²) >= 11 is 0. The first-order valence-electron chi connectivity index (χ1n) is 11.5. The van der Waals surface area contributed by atoms with Crippen molar-refractivity contribution in [1.29, 1.82) is 0 Å². The number of piperidine rings is 4. The van der Waals surface area contributed by atoms with Crippen LogP contribution in [0.25, 0.3) is 0 Å². The van der Waals surface area contributed by atoms with Gasteiger partial charge in [-0.1, -0.05) is 30.3 Å². The number of hydrogen-bond donors (Lipinski definition) is 1. The Kier molecular flexibility index (Phi) is 7.22. The first-order chi connectivity index (χ1) is 14.2. The molecule has 4 heterocycles. The van der Waals surface area contributed by atoms with Crippen LogP contribution < -0.4 is 5.32 Å². The van der Waals surface area contributed by atoms with Crippen molar-refractivity contribution >= 4 is 5.91 Å². The fourth-order valence-electron chi connectivity index (χ4n) is 5.73. The number of carbonyl (C=O) groups is 1. The van der Waals surface area contributed by atoms with Gasteiger partial charge >= 0.3 is 0 Å². The van der Waals surface area contributed by atoms with Crippen molar-refractivity contribution in [2.75, 3.05) is 53.0 Å². The van der Waals surface area contributed by atoms with Crippen LogP contribution in [0, 0.1) is 17.8 Å². The Balaban J connectivity index is 1.19. The molecule has 0 radical (unpaired) electrons. The third-order valence-electron chi connectivity index (χ3n) is 7.39. The Morgan fingerprint density at radius 3 is 2.62 bits per heavy atom. The molecule has 1 aromatic carbocycles. The van der Waals surface area contributed by atoms with Gasteiger partial charge in [-0.2, -0.15) is 0 Å². The Hall–Kier alpha value is -1.43. The minimum Gasteiger partial charge on any atom is -0.375 e. The standard InChI is InChI=1S/C24H37N3O2/c1-29-18-24(28)25-15-23-14-21-9-12-27(23)17-22(21)16-26-10-7-20(8-11-26)13-19-5-3-2-4-6-19/h2-6,20-23H,7-18H2,1H3,(H,25,28)/t21-,22-,23+/m0/s1. The van der Waals surface area contributed by atoms with E-state index in [2.05, 4.69) is 45.4 Å². The summed E-state index contributed by atoms with van der Waals surface area (Å²) in [6, 6.07) is 11.5. The molecule has 160 valence electrons. The number of amides is 1. The highest BCUT2D eigenvalue weighted by molar-refractivity contribution is 5.77. The molecule has 4 atom stereocenters. The van der Waals surface area contributed by atoms with E-state index < -0.39 is 0 Å². The van der Waals surface area contributed by atoms with E-state index in [1.807, 2.05) is 0 Å². The normalized spacial score (nSPS) is 30.4. The van der Waals surface area contributed by atoms with Gasteiger partial charge in [0.15, 0.2) is 0 Å². The van der Waals surface area contributed by atoms with E-state index in [0.29, 0.717) is 6.04 Å². The first-order valence-corrected chi connectivity index (χ1v) is 11.5. The lowest BCUT2D eigenvalue weighted by Crippen LogP contribution is -2.58. The molecule has 0 spiro atoms. The average molecular weight is 400 g/mol. The van der Waals surface area contributed by atoms with Crippen LogP contribution in [0.5, 0.6) is 0 Å². The summed E-state index contributed by atoms with van der Waals surface area (Å²) in [6.07, 6.45) is 6.49. The molecular formula is C24H37N3O2. The predicted molar refractivity (Wildman–Crippen MR) is 116 cm³/mol. The van der Waals surface area contributed by atoms with Crippen LogP contribution in [0.3, 0.4) is 0 Å². The molecule has 0 saturated carbocycles. The minimum atomic E-state index is 0.00469. The molecule has 0 aliphatic carbocycles. The van der Waals surface area contributed by atoms with Crippen LogP contribution in [0.1, 0.15) is 31.2 Å². The number of methoxy groups -OCH3 is 1. The lowest BCUT2D eigenvalue weighted by Gasteiger charge is -2.51. The number of likely N-dealkylation sites (tertiary alicyclic amines) is 1. The minimum absolute atomic E-state index is 0.00469. The smallest absolute Gasteiger partial charge is 0.246 e. The highest BCUT2D eigenvalue weighted by Crippen LogP contribution is 2.37. The van der Waals surface area contributed by atoms with Gasteiger partial charge in [-0.25, -0.2) is 0 Å². The van der Waals surface area contributed by atoms with Crippen LogP contribution in [0.15, 0.2) is 30.3 Å². The van der Waals surface area contributed by atoms with Crippen LogP contribution in [0.4, 0.5) is 0 Å². The van der Waals surface area contributed by atoms with E-state index in [4.69, 9.17) is 4.74 Å². The second-order valence-corrected chi connectivity index (χ2v) is 9.36. The molecule has 1 amide bonds. The third-order valence-corrected chi connectivity index (χ3v) is 7.39. The number of carbonyl (C=O) groups excluding carboxylic acids is 1. The summed E-state index contributed by atoms with van der Waals surface area (Å²) in [6.45, 7) is 7.14. The maximum atomic E-state index is 11.7. The summed E-state index contributed by atoms with van der Waals surface area (Å²) in [5, 5.41) is 3.04. The van der Waals surface area contributed by atoms with E-state index in [9.17, 15) is 4.79 Å². The van der Waals surface area contributed by atoms with Crippen molar-refractivity contribution in [3.8, 4) is 0 Å². The molecule has 29 heavy (non-hydrogen) atoms. The molecule has 0 aromatic heterocycles. The molecule has 4 aliphatic rings. The van der Waals surface area contributed by atoms with E-state index in [1.165, 1.54) is 70.4 Å². The molecule has 4 fully saturated rings. The molecule has 4 saturated heterocycles. The number of fused-ring (bicyclic) bond motifs is 3. The van der Waals surface area contributed by atoms with E-state index in [1.54, 1.807) is 7.11 Å². The average Bonchev–Trinajstić information content (AvgIpc) is 2.75. The van der Waals surface area contributed by atoms with Gasteiger partial charge in [0.25, 0.3) is 0 Å². The first kappa shape index (κ1) is 20.8. The fourth-order valence-corrected chi connectivity index (χ4v) is 5.73. The van der Waals surface area contributed by atoms with Gasteiger partial charge < -0.3 is 15.0 Å². The van der Waals surface area contributed by atoms with Gasteiger partial charge in [-0.15, -0.1) is 0 Å². The maximum Gasteiger partial charge on any atom is 0.246 e. The maximum absolute atomic E-state index is 11.7. The summed E-state index contributed by atoms with van der Waals surface area (Å²) < 4.78 is 4.92. The van der Waals surface area contributed by atoms with Gasteiger partial charge in [0.05, 0.1) is 0 Å².